The lowest BCUT2D eigenvalue weighted by Gasteiger charge is -2.27. The smallest absolute Gasteiger partial charge is 0.228 e. The third-order valence-corrected chi connectivity index (χ3v) is 7.31. The first-order chi connectivity index (χ1) is 17.6. The molecule has 0 radical (unpaired) electrons. The molecule has 2 aliphatic rings. The van der Waals surface area contributed by atoms with E-state index in [1.165, 1.54) is 24.5 Å². The van der Waals surface area contributed by atoms with Gasteiger partial charge in [0.15, 0.2) is 5.82 Å². The largest absolute Gasteiger partial charge is 0.314 e. The summed E-state index contributed by atoms with van der Waals surface area (Å²) in [6.45, 7) is 5.05. The number of hydrogen-bond donors (Lipinski definition) is 2. The zero-order chi connectivity index (χ0) is 24.5. The Bertz CT molecular complexity index is 1350. The molecule has 0 atom stereocenters. The van der Waals surface area contributed by atoms with Gasteiger partial charge >= 0.3 is 0 Å². The van der Waals surface area contributed by atoms with Crippen LogP contribution in [0.3, 0.4) is 0 Å². The normalized spacial score (nSPS) is 17.2. The number of halogens is 1. The predicted octanol–water partition coefficient (Wildman–Crippen LogP) is 4.37. The van der Waals surface area contributed by atoms with Crippen LogP contribution in [0.2, 0.25) is 0 Å². The monoisotopic (exact) mass is 486 g/mol. The highest BCUT2D eigenvalue weighted by atomic mass is 19.1. The minimum Gasteiger partial charge on any atom is -0.314 e. The van der Waals surface area contributed by atoms with Crippen molar-refractivity contribution in [3.8, 4) is 11.3 Å². The van der Waals surface area contributed by atoms with Gasteiger partial charge < -0.3 is 10.6 Å². The van der Waals surface area contributed by atoms with Crippen LogP contribution in [0.1, 0.15) is 42.9 Å². The maximum Gasteiger partial charge on any atom is 0.228 e. The van der Waals surface area contributed by atoms with Gasteiger partial charge in [0.2, 0.25) is 5.95 Å². The van der Waals surface area contributed by atoms with Crippen molar-refractivity contribution in [1.82, 2.24) is 34.9 Å². The van der Waals surface area contributed by atoms with Crippen LogP contribution in [0.25, 0.3) is 22.2 Å². The van der Waals surface area contributed by atoms with E-state index in [4.69, 9.17) is 0 Å². The van der Waals surface area contributed by atoms with E-state index in [0.29, 0.717) is 28.9 Å². The fourth-order valence-corrected chi connectivity index (χ4v) is 5.52. The van der Waals surface area contributed by atoms with Crippen molar-refractivity contribution >= 4 is 22.7 Å². The maximum atomic E-state index is 15.1. The summed E-state index contributed by atoms with van der Waals surface area (Å²) in [7, 11) is 1.92. The summed E-state index contributed by atoms with van der Waals surface area (Å²) in [5.74, 6) is 1.21. The molecule has 1 aliphatic heterocycles. The van der Waals surface area contributed by atoms with E-state index in [1.807, 2.05) is 30.1 Å². The molecule has 36 heavy (non-hydrogen) atoms. The second kappa shape index (κ2) is 9.91. The quantitative estimate of drug-likeness (QED) is 0.419. The van der Waals surface area contributed by atoms with E-state index in [1.54, 1.807) is 12.3 Å². The molecule has 0 unspecified atom stereocenters. The molecule has 1 saturated carbocycles. The molecule has 8 nitrogen and oxygen atoms in total. The Morgan fingerprint density at radius 3 is 2.69 bits per heavy atom. The molecule has 6 rings (SSSR count). The Balaban J connectivity index is 1.23. The van der Waals surface area contributed by atoms with Crippen LogP contribution < -0.4 is 10.6 Å². The SMILES string of the molecule is Cn1nc2c(F)cc(-c3ccnc(Nc4ccc(CN5CCNCC5)cn4)n3)cc2c1C1CCCC1. The summed E-state index contributed by atoms with van der Waals surface area (Å²) >= 11 is 0. The zero-order valence-electron chi connectivity index (χ0n) is 20.5. The highest BCUT2D eigenvalue weighted by Gasteiger charge is 2.25. The lowest BCUT2D eigenvalue weighted by Crippen LogP contribution is -2.42. The Labute approximate surface area is 210 Å². The summed E-state index contributed by atoms with van der Waals surface area (Å²) in [6.07, 6.45) is 8.26. The highest BCUT2D eigenvalue weighted by Crippen LogP contribution is 2.39. The van der Waals surface area contributed by atoms with Gasteiger partial charge in [-0.25, -0.2) is 19.3 Å². The van der Waals surface area contributed by atoms with Crippen molar-refractivity contribution in [2.24, 2.45) is 7.05 Å². The molecule has 9 heteroatoms. The van der Waals surface area contributed by atoms with Gasteiger partial charge in [-0.05, 0) is 42.7 Å². The van der Waals surface area contributed by atoms with Crippen LogP contribution in [0.4, 0.5) is 16.2 Å². The van der Waals surface area contributed by atoms with E-state index >= 15 is 4.39 Å². The lowest BCUT2D eigenvalue weighted by molar-refractivity contribution is 0.233. The molecule has 0 bridgehead atoms. The Hall–Kier alpha value is -3.43. The molecular weight excluding hydrogens is 455 g/mol. The average Bonchev–Trinajstić information content (AvgIpc) is 3.53. The molecule has 4 heterocycles. The van der Waals surface area contributed by atoms with E-state index in [9.17, 15) is 0 Å². The number of fused-ring (bicyclic) bond motifs is 1. The molecule has 4 aromatic rings. The molecular formula is C27H31FN8. The topological polar surface area (TPSA) is 83.8 Å². The summed E-state index contributed by atoms with van der Waals surface area (Å²) in [4.78, 5) is 16.0. The van der Waals surface area contributed by atoms with Gasteiger partial charge in [0.25, 0.3) is 0 Å². The van der Waals surface area contributed by atoms with Crippen LogP contribution in [0, 0.1) is 5.82 Å². The molecule has 2 N–H and O–H groups in total. The van der Waals surface area contributed by atoms with Gasteiger partial charge in [-0.15, -0.1) is 0 Å². The first kappa shape index (κ1) is 23.0. The maximum absolute atomic E-state index is 15.1. The van der Waals surface area contributed by atoms with Gasteiger partial charge in [-0.2, -0.15) is 5.10 Å². The molecule has 1 saturated heterocycles. The molecule has 186 valence electrons. The third-order valence-electron chi connectivity index (χ3n) is 7.31. The van der Waals surface area contributed by atoms with Crippen LogP contribution in [0.5, 0.6) is 0 Å². The van der Waals surface area contributed by atoms with Crippen molar-refractivity contribution < 1.29 is 4.39 Å². The minimum atomic E-state index is -0.322. The standard InChI is InChI=1S/C27H31FN8/c1-35-26(19-4-2-3-5-19)21-14-20(15-22(28)25(21)34-35)23-8-9-30-27(32-23)33-24-7-6-18(16-31-24)17-36-12-10-29-11-13-36/h6-9,14-16,19,29H,2-5,10-13,17H2,1H3,(H,30,31,32,33). The van der Waals surface area contributed by atoms with E-state index in [-0.39, 0.29) is 5.82 Å². The van der Waals surface area contributed by atoms with Crippen molar-refractivity contribution in [2.45, 2.75) is 38.1 Å². The number of aromatic nitrogens is 5. The minimum absolute atomic E-state index is 0.322. The number of nitrogens with one attached hydrogen (secondary N) is 2. The second-order valence-corrected chi connectivity index (χ2v) is 9.81. The highest BCUT2D eigenvalue weighted by molar-refractivity contribution is 5.87. The third kappa shape index (κ3) is 4.68. The molecule has 3 aromatic heterocycles. The van der Waals surface area contributed by atoms with Crippen LogP contribution >= 0.6 is 0 Å². The fraction of sp³-hybridized carbons (Fsp3) is 0.407. The molecule has 0 amide bonds. The van der Waals surface area contributed by atoms with Gasteiger partial charge in [-0.3, -0.25) is 9.58 Å². The number of aryl methyl sites for hydroxylation is 1. The van der Waals surface area contributed by atoms with Crippen LogP contribution in [-0.4, -0.2) is 55.8 Å². The summed E-state index contributed by atoms with van der Waals surface area (Å²) in [5.41, 5.74) is 4.11. The van der Waals surface area contributed by atoms with Crippen LogP contribution in [0.15, 0.2) is 42.7 Å². The van der Waals surface area contributed by atoms with E-state index in [2.05, 4.69) is 41.7 Å². The van der Waals surface area contributed by atoms with Gasteiger partial charge in [0.1, 0.15) is 11.3 Å². The van der Waals surface area contributed by atoms with Gasteiger partial charge in [-0.1, -0.05) is 18.9 Å². The van der Waals surface area contributed by atoms with E-state index < -0.39 is 0 Å². The molecule has 0 spiro atoms. The van der Waals surface area contributed by atoms with Crippen molar-refractivity contribution in [3.05, 3.63) is 59.8 Å². The fourth-order valence-electron chi connectivity index (χ4n) is 5.52. The molecule has 2 fully saturated rings. The number of hydrogen-bond acceptors (Lipinski definition) is 7. The number of piperazine rings is 1. The van der Waals surface area contributed by atoms with Gasteiger partial charge in [0.05, 0.1) is 5.69 Å². The summed E-state index contributed by atoms with van der Waals surface area (Å²) < 4.78 is 17.0. The number of benzene rings is 1. The first-order valence-corrected chi connectivity index (χ1v) is 12.8. The number of nitrogens with zero attached hydrogens (tertiary/aromatic N) is 6. The predicted molar refractivity (Wildman–Crippen MR) is 139 cm³/mol. The van der Waals surface area contributed by atoms with Crippen molar-refractivity contribution in [3.63, 3.8) is 0 Å². The lowest BCUT2D eigenvalue weighted by atomic mass is 9.98. The van der Waals surface area contributed by atoms with Crippen LogP contribution in [-0.2, 0) is 13.6 Å². The van der Waals surface area contributed by atoms with Crippen molar-refractivity contribution in [1.29, 1.82) is 0 Å². The van der Waals surface area contributed by atoms with E-state index in [0.717, 1.165) is 62.2 Å². The Morgan fingerprint density at radius 1 is 1.08 bits per heavy atom. The first-order valence-electron chi connectivity index (χ1n) is 12.8. The molecule has 1 aromatic carbocycles. The Morgan fingerprint density at radius 2 is 1.92 bits per heavy atom. The average molecular weight is 487 g/mol. The summed E-state index contributed by atoms with van der Waals surface area (Å²) in [5, 5.41) is 11.9. The summed E-state index contributed by atoms with van der Waals surface area (Å²) in [6, 6.07) is 9.37. The number of anilines is 2. The molecule has 1 aliphatic carbocycles. The second-order valence-electron chi connectivity index (χ2n) is 9.81. The number of pyridine rings is 1. The van der Waals surface area contributed by atoms with Crippen molar-refractivity contribution in [2.75, 3.05) is 31.5 Å². The zero-order valence-corrected chi connectivity index (χ0v) is 20.5. The Kier molecular flexibility index (Phi) is 6.33. The van der Waals surface area contributed by atoms with Gasteiger partial charge in [0, 0.05) is 74.7 Å². The number of rotatable bonds is 6.